The first kappa shape index (κ1) is 17.6. The van der Waals surface area contributed by atoms with Gasteiger partial charge in [-0.3, -0.25) is 9.48 Å². The molecule has 1 aliphatic rings. The lowest BCUT2D eigenvalue weighted by Crippen LogP contribution is -2.41. The first-order valence-corrected chi connectivity index (χ1v) is 9.07. The summed E-state index contributed by atoms with van der Waals surface area (Å²) < 4.78 is 4.05. The van der Waals surface area contributed by atoms with Gasteiger partial charge in [0.2, 0.25) is 5.91 Å². The summed E-state index contributed by atoms with van der Waals surface area (Å²) in [7, 11) is 1.94. The van der Waals surface area contributed by atoms with Gasteiger partial charge in [-0.25, -0.2) is 0 Å². The molecule has 0 fully saturated rings. The predicted octanol–water partition coefficient (Wildman–Crippen LogP) is 1.82. The van der Waals surface area contributed by atoms with Crippen molar-refractivity contribution >= 4 is 5.91 Å². The number of nitrogens with one attached hydrogen (secondary N) is 1. The van der Waals surface area contributed by atoms with E-state index in [0.29, 0.717) is 12.3 Å². The summed E-state index contributed by atoms with van der Waals surface area (Å²) in [4.78, 5) is 12.4. The number of carbonyl (C=O) groups is 1. The van der Waals surface area contributed by atoms with E-state index < -0.39 is 0 Å². The van der Waals surface area contributed by atoms with Gasteiger partial charge in [-0.1, -0.05) is 13.8 Å². The molecule has 0 saturated heterocycles. The van der Waals surface area contributed by atoms with Crippen molar-refractivity contribution in [3.63, 3.8) is 0 Å². The zero-order valence-electron chi connectivity index (χ0n) is 15.8. The van der Waals surface area contributed by atoms with Crippen molar-refractivity contribution in [1.82, 2.24) is 29.9 Å². The number of hydrogen-bond acceptors (Lipinski definition) is 4. The summed E-state index contributed by atoms with van der Waals surface area (Å²) in [6.07, 6.45) is 3.02. The molecular formula is C18H28N6O. The Balaban J connectivity index is 1.58. The van der Waals surface area contributed by atoms with Gasteiger partial charge in [0.25, 0.3) is 0 Å². The summed E-state index contributed by atoms with van der Waals surface area (Å²) in [6, 6.07) is 0.157. The molecule has 0 bridgehead atoms. The third kappa shape index (κ3) is 3.60. The summed E-state index contributed by atoms with van der Waals surface area (Å²) in [5.74, 6) is 2.49. The summed E-state index contributed by atoms with van der Waals surface area (Å²) in [5, 5.41) is 16.2. The quantitative estimate of drug-likeness (QED) is 0.897. The van der Waals surface area contributed by atoms with Gasteiger partial charge in [0.05, 0.1) is 5.69 Å². The molecule has 136 valence electrons. The molecule has 7 heteroatoms. The fraction of sp³-hybridized carbons (Fsp3) is 0.667. The molecule has 0 saturated carbocycles. The van der Waals surface area contributed by atoms with Crippen LogP contribution in [0.3, 0.4) is 0 Å². The highest BCUT2D eigenvalue weighted by Crippen LogP contribution is 2.20. The fourth-order valence-corrected chi connectivity index (χ4v) is 3.61. The van der Waals surface area contributed by atoms with Crippen molar-refractivity contribution in [2.75, 3.05) is 0 Å². The van der Waals surface area contributed by atoms with Crippen LogP contribution in [0.2, 0.25) is 0 Å². The Morgan fingerprint density at radius 2 is 2.08 bits per heavy atom. The van der Waals surface area contributed by atoms with Gasteiger partial charge < -0.3 is 9.88 Å². The monoisotopic (exact) mass is 344 g/mol. The molecule has 0 spiro atoms. The van der Waals surface area contributed by atoms with E-state index in [4.69, 9.17) is 0 Å². The Morgan fingerprint density at radius 1 is 1.32 bits per heavy atom. The second kappa shape index (κ2) is 6.98. The van der Waals surface area contributed by atoms with Crippen molar-refractivity contribution < 1.29 is 4.79 Å². The van der Waals surface area contributed by atoms with Gasteiger partial charge in [-0.2, -0.15) is 5.10 Å². The second-order valence-electron chi connectivity index (χ2n) is 7.32. The summed E-state index contributed by atoms with van der Waals surface area (Å²) in [5.41, 5.74) is 3.34. The third-order valence-corrected chi connectivity index (χ3v) is 5.12. The van der Waals surface area contributed by atoms with E-state index in [1.807, 2.05) is 18.7 Å². The van der Waals surface area contributed by atoms with Gasteiger partial charge >= 0.3 is 0 Å². The van der Waals surface area contributed by atoms with Crippen LogP contribution in [0, 0.1) is 13.8 Å². The van der Waals surface area contributed by atoms with Crippen molar-refractivity contribution in [1.29, 1.82) is 0 Å². The van der Waals surface area contributed by atoms with Crippen molar-refractivity contribution in [3.05, 3.63) is 28.6 Å². The minimum Gasteiger partial charge on any atom is -0.352 e. The molecule has 3 rings (SSSR count). The third-order valence-electron chi connectivity index (χ3n) is 5.12. The van der Waals surface area contributed by atoms with Gasteiger partial charge in [0.1, 0.15) is 11.6 Å². The van der Waals surface area contributed by atoms with Crippen LogP contribution in [0.4, 0.5) is 0 Å². The van der Waals surface area contributed by atoms with Crippen LogP contribution in [0.5, 0.6) is 0 Å². The van der Waals surface area contributed by atoms with E-state index in [9.17, 15) is 4.79 Å². The lowest BCUT2D eigenvalue weighted by atomic mass is 10.0. The largest absolute Gasteiger partial charge is 0.352 e. The topological polar surface area (TPSA) is 77.6 Å². The van der Waals surface area contributed by atoms with Gasteiger partial charge in [0, 0.05) is 44.1 Å². The maximum absolute atomic E-state index is 12.4. The smallest absolute Gasteiger partial charge is 0.220 e. The fourth-order valence-electron chi connectivity index (χ4n) is 3.61. The number of amides is 1. The van der Waals surface area contributed by atoms with Gasteiger partial charge in [-0.15, -0.1) is 10.2 Å². The average Bonchev–Trinajstić information content (AvgIpc) is 3.07. The molecule has 1 N–H and O–H groups in total. The lowest BCUT2D eigenvalue weighted by molar-refractivity contribution is -0.122. The molecule has 1 aliphatic heterocycles. The van der Waals surface area contributed by atoms with Crippen LogP contribution >= 0.6 is 0 Å². The number of hydrogen-bond donors (Lipinski definition) is 1. The Labute approximate surface area is 148 Å². The first-order chi connectivity index (χ1) is 11.9. The number of rotatable bonds is 5. The molecule has 25 heavy (non-hydrogen) atoms. The molecule has 0 aromatic carbocycles. The van der Waals surface area contributed by atoms with E-state index in [0.717, 1.165) is 48.8 Å². The molecule has 3 heterocycles. The highest BCUT2D eigenvalue weighted by Gasteiger charge is 2.25. The van der Waals surface area contributed by atoms with Crippen LogP contribution in [-0.4, -0.2) is 36.5 Å². The van der Waals surface area contributed by atoms with Crippen molar-refractivity contribution in [2.24, 2.45) is 7.05 Å². The molecule has 0 aliphatic carbocycles. The van der Waals surface area contributed by atoms with Crippen LogP contribution in [0.1, 0.15) is 61.2 Å². The molecule has 7 nitrogen and oxygen atoms in total. The molecule has 2 aromatic heterocycles. The van der Waals surface area contributed by atoms with Crippen molar-refractivity contribution in [2.45, 2.75) is 71.9 Å². The number of fused-ring (bicyclic) bond motifs is 1. The number of aromatic nitrogens is 5. The van der Waals surface area contributed by atoms with E-state index in [1.165, 1.54) is 5.56 Å². The molecule has 0 radical (unpaired) electrons. The lowest BCUT2D eigenvalue weighted by Gasteiger charge is -2.26. The zero-order valence-corrected chi connectivity index (χ0v) is 15.8. The van der Waals surface area contributed by atoms with E-state index >= 15 is 0 Å². The normalized spacial score (nSPS) is 17.0. The Bertz CT molecular complexity index is 773. The molecule has 0 unspecified atom stereocenters. The SMILES string of the molecule is Cc1nn(C)c(C)c1CCC(=O)N[C@H]1CCc2nnc(C(C)C)n2C1. The van der Waals surface area contributed by atoms with Gasteiger partial charge in [0.15, 0.2) is 0 Å². The Kier molecular flexibility index (Phi) is 4.92. The summed E-state index contributed by atoms with van der Waals surface area (Å²) in [6.45, 7) is 9.07. The van der Waals surface area contributed by atoms with Crippen LogP contribution in [0.15, 0.2) is 0 Å². The number of aryl methyl sites for hydroxylation is 3. The zero-order chi connectivity index (χ0) is 18.1. The van der Waals surface area contributed by atoms with Crippen LogP contribution < -0.4 is 5.32 Å². The second-order valence-corrected chi connectivity index (χ2v) is 7.32. The van der Waals surface area contributed by atoms with E-state index in [1.54, 1.807) is 0 Å². The number of nitrogens with zero attached hydrogens (tertiary/aromatic N) is 5. The highest BCUT2D eigenvalue weighted by atomic mass is 16.1. The highest BCUT2D eigenvalue weighted by molar-refractivity contribution is 5.76. The molecule has 1 atom stereocenters. The minimum absolute atomic E-state index is 0.107. The van der Waals surface area contributed by atoms with E-state index in [2.05, 4.69) is 46.0 Å². The molecule has 1 amide bonds. The first-order valence-electron chi connectivity index (χ1n) is 9.07. The molecular weight excluding hydrogens is 316 g/mol. The van der Waals surface area contributed by atoms with Crippen LogP contribution in [-0.2, 0) is 31.2 Å². The van der Waals surface area contributed by atoms with Gasteiger partial charge in [-0.05, 0) is 32.3 Å². The maximum atomic E-state index is 12.4. The van der Waals surface area contributed by atoms with Crippen LogP contribution in [0.25, 0.3) is 0 Å². The standard InChI is InChI=1S/C18H28N6O/c1-11(2)18-21-20-16-8-6-14(10-24(16)18)19-17(25)9-7-15-12(3)22-23(5)13(15)4/h11,14H,6-10H2,1-5H3,(H,19,25)/t14-/m0/s1. The number of carbonyl (C=O) groups excluding carboxylic acids is 1. The minimum atomic E-state index is 0.107. The predicted molar refractivity (Wildman–Crippen MR) is 95.4 cm³/mol. The molecule has 2 aromatic rings. The maximum Gasteiger partial charge on any atom is 0.220 e. The summed E-state index contributed by atoms with van der Waals surface area (Å²) >= 11 is 0. The van der Waals surface area contributed by atoms with Crippen molar-refractivity contribution in [3.8, 4) is 0 Å². The average molecular weight is 344 g/mol. The van der Waals surface area contributed by atoms with E-state index in [-0.39, 0.29) is 11.9 Å². The Hall–Kier alpha value is -2.18. The Morgan fingerprint density at radius 3 is 2.72 bits per heavy atom.